The average Bonchev–Trinajstić information content (AvgIpc) is 3.02. The van der Waals surface area contributed by atoms with Gasteiger partial charge in [0.2, 0.25) is 5.75 Å². The first kappa shape index (κ1) is 12.2. The van der Waals surface area contributed by atoms with Crippen molar-refractivity contribution in [3.8, 4) is 11.5 Å². The number of benzene rings is 1. The molecule has 0 aromatic heterocycles. The first-order valence-electron chi connectivity index (χ1n) is 6.13. The summed E-state index contributed by atoms with van der Waals surface area (Å²) in [5, 5.41) is 20.5. The minimum Gasteiger partial charge on any atom is -0.492 e. The van der Waals surface area contributed by atoms with E-state index in [4.69, 9.17) is 15.2 Å². The number of nitrogens with zero attached hydrogens (tertiary/aromatic N) is 1. The lowest BCUT2D eigenvalue weighted by atomic mass is 9.93. The van der Waals surface area contributed by atoms with Crippen LogP contribution < -0.4 is 15.2 Å². The van der Waals surface area contributed by atoms with Crippen molar-refractivity contribution in [2.24, 2.45) is 5.73 Å². The molecule has 7 nitrogen and oxygen atoms in total. The monoisotopic (exact) mass is 266 g/mol. The Labute approximate surface area is 109 Å². The van der Waals surface area contributed by atoms with Crippen LogP contribution >= 0.6 is 0 Å². The summed E-state index contributed by atoms with van der Waals surface area (Å²) in [7, 11) is 0. The Morgan fingerprint density at radius 1 is 1.26 bits per heavy atom. The van der Waals surface area contributed by atoms with Crippen molar-refractivity contribution in [3.05, 3.63) is 26.8 Å². The standard InChI is InChI=1S/C12H14N2O5/c13-8(5-15)9-6-1-3-19-12(6)10(14(16)17)7-2-4-18-11(7)9/h8,15H,1-5,13H2. The Morgan fingerprint density at radius 3 is 2.53 bits per heavy atom. The van der Waals surface area contributed by atoms with Crippen LogP contribution in [0, 0.1) is 10.1 Å². The lowest BCUT2D eigenvalue weighted by Gasteiger charge is -2.17. The Balaban J connectivity index is 2.31. The number of hydrogen-bond acceptors (Lipinski definition) is 6. The van der Waals surface area contributed by atoms with Crippen LogP contribution in [0.2, 0.25) is 0 Å². The molecule has 0 bridgehead atoms. The van der Waals surface area contributed by atoms with E-state index >= 15 is 0 Å². The molecule has 3 N–H and O–H groups in total. The molecule has 2 aliphatic rings. The second-order valence-corrected chi connectivity index (χ2v) is 4.62. The molecule has 0 aliphatic carbocycles. The van der Waals surface area contributed by atoms with Crippen molar-refractivity contribution in [2.45, 2.75) is 18.9 Å². The van der Waals surface area contributed by atoms with E-state index in [1.165, 1.54) is 0 Å². The number of hydrogen-bond donors (Lipinski definition) is 2. The van der Waals surface area contributed by atoms with Gasteiger partial charge in [-0.2, -0.15) is 0 Å². The van der Waals surface area contributed by atoms with Crippen molar-refractivity contribution >= 4 is 5.69 Å². The zero-order valence-corrected chi connectivity index (χ0v) is 10.2. The number of ether oxygens (including phenoxy) is 2. The molecule has 2 aliphatic heterocycles. The van der Waals surface area contributed by atoms with E-state index in [-0.39, 0.29) is 12.3 Å². The highest BCUT2D eigenvalue weighted by molar-refractivity contribution is 5.69. The molecule has 19 heavy (non-hydrogen) atoms. The molecular formula is C12H14N2O5. The van der Waals surface area contributed by atoms with Gasteiger partial charge in [-0.1, -0.05) is 0 Å². The van der Waals surface area contributed by atoms with E-state index in [0.29, 0.717) is 54.2 Å². The summed E-state index contributed by atoms with van der Waals surface area (Å²) >= 11 is 0. The molecule has 1 aromatic rings. The number of aliphatic hydroxyl groups is 1. The summed E-state index contributed by atoms with van der Waals surface area (Å²) in [6.07, 6.45) is 1.02. The Hall–Kier alpha value is -1.86. The molecule has 0 amide bonds. The van der Waals surface area contributed by atoms with Crippen LogP contribution in [0.1, 0.15) is 22.7 Å². The fourth-order valence-corrected chi connectivity index (χ4v) is 2.80. The van der Waals surface area contributed by atoms with E-state index in [0.717, 1.165) is 0 Å². The number of fused-ring (bicyclic) bond motifs is 2. The van der Waals surface area contributed by atoms with Gasteiger partial charge in [-0.25, -0.2) is 0 Å². The largest absolute Gasteiger partial charge is 0.492 e. The van der Waals surface area contributed by atoms with Gasteiger partial charge < -0.3 is 20.3 Å². The second-order valence-electron chi connectivity index (χ2n) is 4.62. The highest BCUT2D eigenvalue weighted by atomic mass is 16.6. The smallest absolute Gasteiger partial charge is 0.318 e. The first-order valence-corrected chi connectivity index (χ1v) is 6.13. The van der Waals surface area contributed by atoms with E-state index in [2.05, 4.69) is 0 Å². The molecule has 102 valence electrons. The van der Waals surface area contributed by atoms with Crippen LogP contribution in [0.25, 0.3) is 0 Å². The van der Waals surface area contributed by atoms with Crippen molar-refractivity contribution in [3.63, 3.8) is 0 Å². The summed E-state index contributed by atoms with van der Waals surface area (Å²) in [4.78, 5) is 10.8. The van der Waals surface area contributed by atoms with E-state index in [9.17, 15) is 15.2 Å². The molecule has 0 fully saturated rings. The first-order chi connectivity index (χ1) is 9.15. The molecule has 1 aromatic carbocycles. The van der Waals surface area contributed by atoms with Crippen molar-refractivity contribution in [1.82, 2.24) is 0 Å². The third-order valence-corrected chi connectivity index (χ3v) is 3.57. The third kappa shape index (κ3) is 1.66. The highest BCUT2D eigenvalue weighted by Crippen LogP contribution is 2.50. The van der Waals surface area contributed by atoms with Gasteiger partial charge in [-0.05, 0) is 0 Å². The summed E-state index contributed by atoms with van der Waals surface area (Å²) in [5.41, 5.74) is 7.80. The summed E-state index contributed by atoms with van der Waals surface area (Å²) in [6.45, 7) is 0.550. The van der Waals surface area contributed by atoms with Gasteiger partial charge in [-0.3, -0.25) is 10.1 Å². The Kier molecular flexibility index (Phi) is 2.79. The summed E-state index contributed by atoms with van der Waals surface area (Å²) in [6, 6.07) is -0.608. The van der Waals surface area contributed by atoms with E-state index in [1.54, 1.807) is 0 Å². The van der Waals surface area contributed by atoms with E-state index in [1.807, 2.05) is 0 Å². The van der Waals surface area contributed by atoms with Crippen LogP contribution in [0.15, 0.2) is 0 Å². The van der Waals surface area contributed by atoms with Gasteiger partial charge in [0, 0.05) is 24.0 Å². The molecule has 2 heterocycles. The molecule has 0 radical (unpaired) electrons. The van der Waals surface area contributed by atoms with Gasteiger partial charge in [-0.15, -0.1) is 0 Å². The number of nitro benzene ring substituents is 1. The fourth-order valence-electron chi connectivity index (χ4n) is 2.80. The zero-order chi connectivity index (χ0) is 13.6. The number of rotatable bonds is 3. The number of nitro groups is 1. The molecule has 0 saturated carbocycles. The molecule has 0 saturated heterocycles. The maximum atomic E-state index is 11.3. The summed E-state index contributed by atoms with van der Waals surface area (Å²) < 4.78 is 10.9. The Bertz CT molecular complexity index is 523. The SMILES string of the molecule is NC(CO)c1c2c(c([N+](=O)[O-])c3c1OCC3)OCC2. The zero-order valence-electron chi connectivity index (χ0n) is 10.2. The van der Waals surface area contributed by atoms with Crippen LogP contribution in [0.5, 0.6) is 11.5 Å². The average molecular weight is 266 g/mol. The minimum atomic E-state index is -0.608. The number of nitrogens with two attached hydrogens (primary N) is 1. The molecule has 0 spiro atoms. The molecular weight excluding hydrogens is 252 g/mol. The maximum Gasteiger partial charge on any atom is 0.318 e. The summed E-state index contributed by atoms with van der Waals surface area (Å²) in [5.74, 6) is 0.769. The topological polar surface area (TPSA) is 108 Å². The van der Waals surface area contributed by atoms with Gasteiger partial charge >= 0.3 is 5.69 Å². The van der Waals surface area contributed by atoms with Gasteiger partial charge in [0.1, 0.15) is 5.75 Å². The van der Waals surface area contributed by atoms with Gasteiger partial charge in [0.15, 0.2) is 0 Å². The predicted octanol–water partition coefficient (Wildman–Crippen LogP) is 0.457. The van der Waals surface area contributed by atoms with Gasteiger partial charge in [0.05, 0.1) is 36.3 Å². The molecule has 1 atom stereocenters. The van der Waals surface area contributed by atoms with Crippen molar-refractivity contribution < 1.29 is 19.5 Å². The normalized spacial score (nSPS) is 17.4. The fraction of sp³-hybridized carbons (Fsp3) is 0.500. The predicted molar refractivity (Wildman–Crippen MR) is 65.5 cm³/mol. The number of aliphatic hydroxyl groups excluding tert-OH is 1. The van der Waals surface area contributed by atoms with Crippen LogP contribution in [-0.4, -0.2) is 29.9 Å². The minimum absolute atomic E-state index is 0.00566. The molecule has 3 rings (SSSR count). The molecule has 1 unspecified atom stereocenters. The van der Waals surface area contributed by atoms with E-state index < -0.39 is 11.0 Å². The van der Waals surface area contributed by atoms with Gasteiger partial charge in [0.25, 0.3) is 0 Å². The van der Waals surface area contributed by atoms with Crippen molar-refractivity contribution in [2.75, 3.05) is 19.8 Å². The second kappa shape index (κ2) is 4.36. The Morgan fingerprint density at radius 2 is 1.89 bits per heavy atom. The lowest BCUT2D eigenvalue weighted by molar-refractivity contribution is -0.386. The highest BCUT2D eigenvalue weighted by Gasteiger charge is 2.38. The quantitative estimate of drug-likeness (QED) is 0.607. The van der Waals surface area contributed by atoms with Crippen molar-refractivity contribution in [1.29, 1.82) is 0 Å². The lowest BCUT2D eigenvalue weighted by Crippen LogP contribution is -2.17. The third-order valence-electron chi connectivity index (χ3n) is 3.57. The van der Waals surface area contributed by atoms with Crippen LogP contribution in [0.4, 0.5) is 5.69 Å². The maximum absolute atomic E-state index is 11.3. The van der Waals surface area contributed by atoms with Crippen LogP contribution in [-0.2, 0) is 12.8 Å². The molecule has 7 heteroatoms. The van der Waals surface area contributed by atoms with Crippen LogP contribution in [0.3, 0.4) is 0 Å².